The third-order valence-electron chi connectivity index (χ3n) is 5.10. The van der Waals surface area contributed by atoms with Crippen molar-refractivity contribution in [2.24, 2.45) is 0 Å². The molecule has 1 heterocycles. The molecule has 136 valence electrons. The fraction of sp³-hybridized carbons (Fsp3) is 0.455. The smallest absolute Gasteiger partial charge is 0.0904 e. The van der Waals surface area contributed by atoms with Crippen molar-refractivity contribution in [3.63, 3.8) is 0 Å². The summed E-state index contributed by atoms with van der Waals surface area (Å²) in [7, 11) is 0. The van der Waals surface area contributed by atoms with Crippen molar-refractivity contribution < 1.29 is 0 Å². The summed E-state index contributed by atoms with van der Waals surface area (Å²) >= 11 is 0. The molecule has 0 spiro atoms. The van der Waals surface area contributed by atoms with Crippen LogP contribution in [0.4, 0.5) is 11.4 Å². The second-order valence-electron chi connectivity index (χ2n) is 7.55. The van der Waals surface area contributed by atoms with Crippen molar-refractivity contribution in [2.75, 3.05) is 29.6 Å². The molecule has 2 nitrogen and oxygen atoms in total. The number of anilines is 2. The maximum atomic E-state index is 2.58. The molecule has 0 radical (unpaired) electrons. The SMILES string of the molecule is Cc1ccccc1N1CCN(c2c(C(C)C)cccc2C(C)C)C1.Cl. The van der Waals surface area contributed by atoms with Crippen molar-refractivity contribution in [3.05, 3.63) is 59.2 Å². The summed E-state index contributed by atoms with van der Waals surface area (Å²) in [4.78, 5) is 5.09. The number of aryl methyl sites for hydroxylation is 1. The highest BCUT2D eigenvalue weighted by molar-refractivity contribution is 5.85. The second kappa shape index (κ2) is 8.14. The van der Waals surface area contributed by atoms with Crippen LogP contribution in [-0.2, 0) is 0 Å². The Kier molecular flexibility index (Phi) is 6.40. The topological polar surface area (TPSA) is 6.48 Å². The highest BCUT2D eigenvalue weighted by atomic mass is 35.5. The Morgan fingerprint density at radius 3 is 1.88 bits per heavy atom. The number of hydrogen-bond acceptors (Lipinski definition) is 2. The van der Waals surface area contributed by atoms with E-state index in [2.05, 4.69) is 86.9 Å². The predicted octanol–water partition coefficient (Wildman–Crippen LogP) is 5.95. The van der Waals surface area contributed by atoms with E-state index in [0.29, 0.717) is 11.8 Å². The van der Waals surface area contributed by atoms with E-state index < -0.39 is 0 Å². The molecule has 1 saturated heterocycles. The lowest BCUT2D eigenvalue weighted by Gasteiger charge is -2.29. The van der Waals surface area contributed by atoms with Crippen LogP contribution in [0.3, 0.4) is 0 Å². The van der Waals surface area contributed by atoms with Gasteiger partial charge in [-0.15, -0.1) is 12.4 Å². The summed E-state index contributed by atoms with van der Waals surface area (Å²) < 4.78 is 0. The number of hydrogen-bond donors (Lipinski definition) is 0. The summed E-state index contributed by atoms with van der Waals surface area (Å²) in [5.74, 6) is 1.09. The lowest BCUT2D eigenvalue weighted by Crippen LogP contribution is -2.27. The van der Waals surface area contributed by atoms with Gasteiger partial charge in [0.25, 0.3) is 0 Å². The van der Waals surface area contributed by atoms with E-state index in [4.69, 9.17) is 0 Å². The van der Waals surface area contributed by atoms with Crippen molar-refractivity contribution >= 4 is 23.8 Å². The number of para-hydroxylation sites is 2. The van der Waals surface area contributed by atoms with Crippen LogP contribution in [0.15, 0.2) is 42.5 Å². The first-order chi connectivity index (χ1) is 11.5. The maximum Gasteiger partial charge on any atom is 0.0904 e. The molecule has 0 aromatic heterocycles. The maximum absolute atomic E-state index is 2.58. The molecule has 2 aromatic rings. The Labute approximate surface area is 159 Å². The Morgan fingerprint density at radius 2 is 1.32 bits per heavy atom. The first kappa shape index (κ1) is 19.7. The molecule has 0 amide bonds. The van der Waals surface area contributed by atoms with E-state index in [0.717, 1.165) is 19.8 Å². The Morgan fingerprint density at radius 1 is 0.760 bits per heavy atom. The molecule has 0 atom stereocenters. The minimum absolute atomic E-state index is 0. The number of benzene rings is 2. The standard InChI is InChI=1S/C22H30N2.ClH/c1-16(2)19-10-8-11-20(17(3)4)22(19)24-14-13-23(15-24)21-12-7-6-9-18(21)5;/h6-12,16-17H,13-15H2,1-5H3;1H. The summed E-state index contributed by atoms with van der Waals surface area (Å²) in [5.41, 5.74) is 7.16. The fourth-order valence-corrected chi connectivity index (χ4v) is 3.76. The summed E-state index contributed by atoms with van der Waals surface area (Å²) in [6, 6.07) is 15.6. The fourth-order valence-electron chi connectivity index (χ4n) is 3.76. The first-order valence-corrected chi connectivity index (χ1v) is 9.17. The average molecular weight is 359 g/mol. The van der Waals surface area contributed by atoms with Crippen LogP contribution >= 0.6 is 12.4 Å². The molecule has 0 N–H and O–H groups in total. The zero-order chi connectivity index (χ0) is 17.3. The van der Waals surface area contributed by atoms with Gasteiger partial charge in [-0.25, -0.2) is 0 Å². The van der Waals surface area contributed by atoms with Crippen molar-refractivity contribution in [3.8, 4) is 0 Å². The van der Waals surface area contributed by atoms with Crippen molar-refractivity contribution in [1.29, 1.82) is 0 Å². The molecule has 3 rings (SSSR count). The molecule has 2 aromatic carbocycles. The number of nitrogens with zero attached hydrogens (tertiary/aromatic N) is 2. The molecule has 3 heteroatoms. The first-order valence-electron chi connectivity index (χ1n) is 9.17. The van der Waals surface area contributed by atoms with Gasteiger partial charge in [-0.1, -0.05) is 64.1 Å². The number of halogens is 1. The highest BCUT2D eigenvalue weighted by Crippen LogP contribution is 2.37. The van der Waals surface area contributed by atoms with Crippen LogP contribution in [-0.4, -0.2) is 19.8 Å². The van der Waals surface area contributed by atoms with Crippen molar-refractivity contribution in [2.45, 2.75) is 46.5 Å². The molecule has 0 saturated carbocycles. The van der Waals surface area contributed by atoms with Crippen LogP contribution in [0.5, 0.6) is 0 Å². The van der Waals surface area contributed by atoms with Gasteiger partial charge >= 0.3 is 0 Å². The summed E-state index contributed by atoms with van der Waals surface area (Å²) in [6.45, 7) is 14.6. The van der Waals surface area contributed by atoms with Gasteiger partial charge in [0.2, 0.25) is 0 Å². The quantitative estimate of drug-likeness (QED) is 0.666. The van der Waals surface area contributed by atoms with Gasteiger partial charge in [0, 0.05) is 24.5 Å². The monoisotopic (exact) mass is 358 g/mol. The van der Waals surface area contributed by atoms with Gasteiger partial charge in [0.05, 0.1) is 6.67 Å². The largest absolute Gasteiger partial charge is 0.352 e. The van der Waals surface area contributed by atoms with Gasteiger partial charge in [-0.2, -0.15) is 0 Å². The lowest BCUT2D eigenvalue weighted by atomic mass is 9.92. The molecular formula is C22H31ClN2. The van der Waals surface area contributed by atoms with Gasteiger partial charge < -0.3 is 9.80 Å². The van der Waals surface area contributed by atoms with Gasteiger partial charge in [-0.3, -0.25) is 0 Å². The zero-order valence-electron chi connectivity index (χ0n) is 16.1. The van der Waals surface area contributed by atoms with E-state index in [1.54, 1.807) is 0 Å². The molecule has 1 aliphatic rings. The van der Waals surface area contributed by atoms with Crippen LogP contribution in [0, 0.1) is 6.92 Å². The highest BCUT2D eigenvalue weighted by Gasteiger charge is 2.26. The van der Waals surface area contributed by atoms with Gasteiger partial charge in [0.15, 0.2) is 0 Å². The third-order valence-corrected chi connectivity index (χ3v) is 5.10. The zero-order valence-corrected chi connectivity index (χ0v) is 16.9. The predicted molar refractivity (Wildman–Crippen MR) is 113 cm³/mol. The van der Waals surface area contributed by atoms with E-state index in [9.17, 15) is 0 Å². The van der Waals surface area contributed by atoms with Crippen LogP contribution < -0.4 is 9.80 Å². The van der Waals surface area contributed by atoms with Gasteiger partial charge in [0.1, 0.15) is 0 Å². The average Bonchev–Trinajstić information content (AvgIpc) is 3.03. The number of rotatable bonds is 4. The third kappa shape index (κ3) is 3.95. The van der Waals surface area contributed by atoms with E-state index in [1.165, 1.54) is 28.1 Å². The van der Waals surface area contributed by atoms with Gasteiger partial charge in [-0.05, 0) is 41.5 Å². The minimum Gasteiger partial charge on any atom is -0.352 e. The Bertz CT molecular complexity index is 683. The summed E-state index contributed by atoms with van der Waals surface area (Å²) in [5, 5.41) is 0. The molecular weight excluding hydrogens is 328 g/mol. The Hall–Kier alpha value is -1.67. The van der Waals surface area contributed by atoms with E-state index >= 15 is 0 Å². The molecule has 1 aliphatic heterocycles. The normalized spacial score (nSPS) is 14.4. The Balaban J connectivity index is 0.00000225. The lowest BCUT2D eigenvalue weighted by molar-refractivity contribution is 0.808. The molecule has 1 fully saturated rings. The molecule has 0 bridgehead atoms. The molecule has 25 heavy (non-hydrogen) atoms. The van der Waals surface area contributed by atoms with Crippen LogP contribution in [0.2, 0.25) is 0 Å². The minimum atomic E-state index is 0. The summed E-state index contributed by atoms with van der Waals surface area (Å²) in [6.07, 6.45) is 0. The van der Waals surface area contributed by atoms with E-state index in [1.807, 2.05) is 0 Å². The second-order valence-corrected chi connectivity index (χ2v) is 7.55. The van der Waals surface area contributed by atoms with E-state index in [-0.39, 0.29) is 12.4 Å². The van der Waals surface area contributed by atoms with Crippen LogP contribution in [0.1, 0.15) is 56.2 Å². The molecule has 0 aliphatic carbocycles. The van der Waals surface area contributed by atoms with Crippen molar-refractivity contribution in [1.82, 2.24) is 0 Å². The molecule has 0 unspecified atom stereocenters. The van der Waals surface area contributed by atoms with Crippen LogP contribution in [0.25, 0.3) is 0 Å².